The highest BCUT2D eigenvalue weighted by molar-refractivity contribution is 5.96. The quantitative estimate of drug-likeness (QED) is 0.483. The van der Waals surface area contributed by atoms with Crippen LogP contribution in [-0.4, -0.2) is 37.2 Å². The lowest BCUT2D eigenvalue weighted by Gasteiger charge is -2.37. The van der Waals surface area contributed by atoms with Crippen molar-refractivity contribution in [3.05, 3.63) is 41.3 Å². The molecule has 6 heteroatoms. The highest BCUT2D eigenvalue weighted by atomic mass is 16.6. The molecule has 0 bridgehead atoms. The molecule has 0 radical (unpaired) electrons. The number of benzene rings is 1. The Bertz CT molecular complexity index is 769. The number of hydrogen-bond acceptors (Lipinski definition) is 6. The van der Waals surface area contributed by atoms with Crippen LogP contribution in [0.5, 0.6) is 5.75 Å². The average molecular weight is 402 g/mol. The van der Waals surface area contributed by atoms with E-state index in [9.17, 15) is 9.59 Å². The van der Waals surface area contributed by atoms with Crippen molar-refractivity contribution in [2.45, 2.75) is 65.1 Å². The average Bonchev–Trinajstić information content (AvgIpc) is 2.71. The molecule has 2 aliphatic rings. The Labute approximate surface area is 172 Å². The molecule has 1 saturated carbocycles. The van der Waals surface area contributed by atoms with Crippen LogP contribution in [0, 0.1) is 19.8 Å². The largest absolute Gasteiger partial charge is 0.493 e. The zero-order chi connectivity index (χ0) is 20.8. The number of esters is 1. The summed E-state index contributed by atoms with van der Waals surface area (Å²) in [6.45, 7) is 6.34. The molecule has 6 nitrogen and oxygen atoms in total. The van der Waals surface area contributed by atoms with Crippen molar-refractivity contribution in [3.8, 4) is 5.75 Å². The maximum atomic E-state index is 12.9. The van der Waals surface area contributed by atoms with E-state index in [0.29, 0.717) is 31.6 Å². The minimum atomic E-state index is -0.342. The Kier molecular flexibility index (Phi) is 7.31. The minimum Gasteiger partial charge on any atom is -0.493 e. The maximum absolute atomic E-state index is 12.9. The van der Waals surface area contributed by atoms with Gasteiger partial charge in [0.15, 0.2) is 0 Å². The number of allylic oxidation sites excluding steroid dienone is 1. The van der Waals surface area contributed by atoms with E-state index in [0.717, 1.165) is 24.0 Å². The third kappa shape index (κ3) is 5.60. The normalized spacial score (nSPS) is 23.6. The number of ether oxygens (including phenoxy) is 4. The maximum Gasteiger partial charge on any atom is 0.332 e. The summed E-state index contributed by atoms with van der Waals surface area (Å²) in [4.78, 5) is 24.6. The summed E-state index contributed by atoms with van der Waals surface area (Å²) in [5, 5.41) is 0. The smallest absolute Gasteiger partial charge is 0.332 e. The van der Waals surface area contributed by atoms with E-state index in [1.165, 1.54) is 6.26 Å². The first-order valence-electron chi connectivity index (χ1n) is 10.4. The van der Waals surface area contributed by atoms with Crippen LogP contribution >= 0.6 is 0 Å². The van der Waals surface area contributed by atoms with Gasteiger partial charge in [-0.1, -0.05) is 25.5 Å². The van der Waals surface area contributed by atoms with Crippen LogP contribution < -0.4 is 4.74 Å². The molecule has 1 aromatic rings. The molecule has 0 saturated heterocycles. The number of carbonyl (C=O) groups excluding carboxylic acids is 2. The van der Waals surface area contributed by atoms with Gasteiger partial charge < -0.3 is 18.9 Å². The van der Waals surface area contributed by atoms with Crippen LogP contribution in [0.1, 0.15) is 50.2 Å². The van der Waals surface area contributed by atoms with Crippen molar-refractivity contribution >= 4 is 11.8 Å². The molecule has 1 aliphatic heterocycles. The summed E-state index contributed by atoms with van der Waals surface area (Å²) < 4.78 is 22.5. The van der Waals surface area contributed by atoms with Gasteiger partial charge in [-0.25, -0.2) is 4.79 Å². The fraction of sp³-hybridized carbons (Fsp3) is 0.565. The number of unbranched alkanes of at least 4 members (excludes halogenated alkanes) is 1. The van der Waals surface area contributed by atoms with E-state index in [4.69, 9.17) is 18.9 Å². The van der Waals surface area contributed by atoms with Crippen LogP contribution in [0.15, 0.2) is 30.2 Å². The van der Waals surface area contributed by atoms with Crippen LogP contribution in [0.4, 0.5) is 0 Å². The topological polar surface area (TPSA) is 71.1 Å². The van der Waals surface area contributed by atoms with Crippen molar-refractivity contribution in [2.24, 2.45) is 5.92 Å². The van der Waals surface area contributed by atoms with Crippen LogP contribution in [0.25, 0.3) is 0 Å². The van der Waals surface area contributed by atoms with Gasteiger partial charge >= 0.3 is 5.97 Å². The van der Waals surface area contributed by atoms with Crippen molar-refractivity contribution < 1.29 is 28.5 Å². The number of ketones is 1. The Morgan fingerprint density at radius 1 is 1.24 bits per heavy atom. The number of rotatable bonds is 8. The van der Waals surface area contributed by atoms with E-state index in [2.05, 4.69) is 0 Å². The van der Waals surface area contributed by atoms with Crippen LogP contribution in [0.2, 0.25) is 0 Å². The van der Waals surface area contributed by atoms with E-state index in [-0.39, 0.29) is 42.2 Å². The molecule has 158 valence electrons. The molecular weight excluding hydrogens is 372 g/mol. The summed E-state index contributed by atoms with van der Waals surface area (Å²) in [6, 6.07) is 5.89. The Morgan fingerprint density at radius 2 is 2.07 bits per heavy atom. The highest BCUT2D eigenvalue weighted by Gasteiger charge is 2.41. The van der Waals surface area contributed by atoms with E-state index < -0.39 is 0 Å². The van der Waals surface area contributed by atoms with Gasteiger partial charge in [0.1, 0.15) is 24.7 Å². The second kappa shape index (κ2) is 9.92. The molecule has 0 aromatic heterocycles. The predicted octanol–water partition coefficient (Wildman–Crippen LogP) is 4.02. The van der Waals surface area contributed by atoms with Crippen LogP contribution in [-0.2, 0) is 23.8 Å². The zero-order valence-corrected chi connectivity index (χ0v) is 17.4. The first-order valence-corrected chi connectivity index (χ1v) is 10.4. The number of hydrogen-bond donors (Lipinski definition) is 0. The summed E-state index contributed by atoms with van der Waals surface area (Å²) in [7, 11) is 0. The van der Waals surface area contributed by atoms with Crippen molar-refractivity contribution in [1.29, 1.82) is 0 Å². The van der Waals surface area contributed by atoms with Gasteiger partial charge in [0.05, 0.1) is 18.6 Å². The summed E-state index contributed by atoms with van der Waals surface area (Å²) in [5.41, 5.74) is 2.04. The van der Waals surface area contributed by atoms with E-state index in [1.54, 1.807) is 0 Å². The Balaban J connectivity index is 1.53. The molecule has 1 aliphatic carbocycles. The van der Waals surface area contributed by atoms with Gasteiger partial charge in [-0.3, -0.25) is 4.79 Å². The van der Waals surface area contributed by atoms with Crippen LogP contribution in [0.3, 0.4) is 0 Å². The molecule has 0 spiro atoms. The predicted molar refractivity (Wildman–Crippen MR) is 107 cm³/mol. The number of carbonyl (C=O) groups is 2. The molecule has 3 atom stereocenters. The molecule has 1 aromatic carbocycles. The number of Topliss-reactive ketones (excluding diaryl/α,β-unsaturated/α-hetero) is 1. The van der Waals surface area contributed by atoms with E-state index in [1.807, 2.05) is 39.0 Å². The molecular formula is C23H30O6. The fourth-order valence-electron chi connectivity index (χ4n) is 3.65. The Hall–Kier alpha value is -2.34. The summed E-state index contributed by atoms with van der Waals surface area (Å²) >= 11 is 0. The first kappa shape index (κ1) is 21.4. The lowest BCUT2D eigenvalue weighted by Crippen LogP contribution is -2.43. The molecule has 0 N–H and O–H groups in total. The first-order chi connectivity index (χ1) is 14.0. The van der Waals surface area contributed by atoms with Gasteiger partial charge in [0.2, 0.25) is 11.5 Å². The second-order valence-corrected chi connectivity index (χ2v) is 7.82. The Morgan fingerprint density at radius 3 is 2.86 bits per heavy atom. The summed E-state index contributed by atoms with van der Waals surface area (Å²) in [5.74, 6) is 0.311. The summed E-state index contributed by atoms with van der Waals surface area (Å²) in [6.07, 6.45) is 4.82. The highest BCUT2D eigenvalue weighted by Crippen LogP contribution is 2.35. The lowest BCUT2D eigenvalue weighted by molar-refractivity contribution is -0.154. The zero-order valence-electron chi connectivity index (χ0n) is 17.4. The molecule has 1 fully saturated rings. The monoisotopic (exact) mass is 402 g/mol. The molecule has 29 heavy (non-hydrogen) atoms. The third-order valence-electron chi connectivity index (χ3n) is 5.43. The molecule has 3 rings (SSSR count). The van der Waals surface area contributed by atoms with Gasteiger partial charge in [-0.15, -0.1) is 0 Å². The molecule has 0 amide bonds. The van der Waals surface area contributed by atoms with Gasteiger partial charge in [0.25, 0.3) is 0 Å². The molecule has 3 unspecified atom stereocenters. The van der Waals surface area contributed by atoms with E-state index >= 15 is 0 Å². The third-order valence-corrected chi connectivity index (χ3v) is 5.43. The van der Waals surface area contributed by atoms with Gasteiger partial charge in [-0.2, -0.15) is 0 Å². The lowest BCUT2D eigenvalue weighted by atomic mass is 9.80. The second-order valence-electron chi connectivity index (χ2n) is 7.82. The van der Waals surface area contributed by atoms with Gasteiger partial charge in [0, 0.05) is 6.42 Å². The van der Waals surface area contributed by atoms with Crippen molar-refractivity contribution in [2.75, 3.05) is 13.2 Å². The minimum absolute atomic E-state index is 0.0282. The molecule has 1 heterocycles. The number of aryl methyl sites for hydroxylation is 2. The fourth-order valence-corrected chi connectivity index (χ4v) is 3.65. The number of fused-ring (bicyclic) bond motifs is 1. The van der Waals surface area contributed by atoms with Crippen molar-refractivity contribution in [3.63, 3.8) is 0 Å². The van der Waals surface area contributed by atoms with Gasteiger partial charge in [-0.05, 0) is 50.3 Å². The van der Waals surface area contributed by atoms with Crippen molar-refractivity contribution in [1.82, 2.24) is 0 Å². The standard InChI is InChI=1S/C23H30O6/c1-4-5-10-26-22(24)14-27-17-8-9-18-20(12-17)28-13-21(23(18)25)29-19-11-15(2)6-7-16(19)3/h6-7,11,13,17-18,20H,4-5,8-10,12,14H2,1-3H3. The SMILES string of the molecule is CCCCOC(=O)COC1CCC2C(=O)C(Oc3cc(C)ccc3C)=COC2C1.